The number of nitrogens with zero attached hydrogens (tertiary/aromatic N) is 2. The van der Waals surface area contributed by atoms with Crippen molar-refractivity contribution in [3.05, 3.63) is 41.7 Å². The van der Waals surface area contributed by atoms with E-state index in [1.807, 2.05) is 45.0 Å². The second-order valence-corrected chi connectivity index (χ2v) is 5.09. The van der Waals surface area contributed by atoms with Gasteiger partial charge in [-0.05, 0) is 25.8 Å². The first-order valence-electron chi connectivity index (χ1n) is 7.02. The standard InChI is InChI=1S/C16H20N4O/c1-4-11(3)19-16(21)14-15(17)18-9-13(20-14)12-8-6-5-7-10(12)2/h5-9,11H,4H2,1-3H3,(H2,17,18)(H,19,21). The Morgan fingerprint density at radius 3 is 2.76 bits per heavy atom. The maximum absolute atomic E-state index is 12.2. The maximum Gasteiger partial charge on any atom is 0.273 e. The molecular weight excluding hydrogens is 264 g/mol. The van der Waals surface area contributed by atoms with Crippen LogP contribution in [0.5, 0.6) is 0 Å². The minimum atomic E-state index is -0.287. The SMILES string of the molecule is CCC(C)NC(=O)c1nc(-c2ccccc2C)cnc1N. The average Bonchev–Trinajstić information content (AvgIpc) is 2.48. The van der Waals surface area contributed by atoms with Gasteiger partial charge in [0, 0.05) is 11.6 Å². The van der Waals surface area contributed by atoms with E-state index in [-0.39, 0.29) is 23.5 Å². The van der Waals surface area contributed by atoms with Crippen LogP contribution in [-0.2, 0) is 0 Å². The highest BCUT2D eigenvalue weighted by atomic mass is 16.2. The minimum absolute atomic E-state index is 0.0702. The molecule has 1 unspecified atom stereocenters. The number of nitrogens with one attached hydrogen (secondary N) is 1. The molecule has 1 aromatic heterocycles. The van der Waals surface area contributed by atoms with Crippen molar-refractivity contribution in [3.8, 4) is 11.3 Å². The summed E-state index contributed by atoms with van der Waals surface area (Å²) >= 11 is 0. The van der Waals surface area contributed by atoms with Gasteiger partial charge in [-0.25, -0.2) is 9.97 Å². The molecule has 1 heterocycles. The lowest BCUT2D eigenvalue weighted by Gasteiger charge is -2.13. The number of nitrogen functional groups attached to an aromatic ring is 1. The maximum atomic E-state index is 12.2. The fourth-order valence-electron chi connectivity index (χ4n) is 1.95. The molecule has 1 atom stereocenters. The van der Waals surface area contributed by atoms with E-state index < -0.39 is 0 Å². The Hall–Kier alpha value is -2.43. The minimum Gasteiger partial charge on any atom is -0.382 e. The number of hydrogen-bond donors (Lipinski definition) is 2. The van der Waals surface area contributed by atoms with Crippen molar-refractivity contribution in [1.82, 2.24) is 15.3 Å². The van der Waals surface area contributed by atoms with E-state index in [0.717, 1.165) is 17.5 Å². The van der Waals surface area contributed by atoms with Crippen molar-refractivity contribution in [2.24, 2.45) is 0 Å². The van der Waals surface area contributed by atoms with E-state index in [2.05, 4.69) is 15.3 Å². The molecule has 110 valence electrons. The van der Waals surface area contributed by atoms with E-state index in [1.54, 1.807) is 6.20 Å². The summed E-state index contributed by atoms with van der Waals surface area (Å²) in [6.07, 6.45) is 2.44. The lowest BCUT2D eigenvalue weighted by molar-refractivity contribution is 0.0935. The van der Waals surface area contributed by atoms with Gasteiger partial charge in [0.1, 0.15) is 0 Å². The van der Waals surface area contributed by atoms with Crippen LogP contribution in [0.25, 0.3) is 11.3 Å². The van der Waals surface area contributed by atoms with Gasteiger partial charge in [0.2, 0.25) is 0 Å². The number of benzene rings is 1. The molecule has 2 rings (SSSR count). The Bertz CT molecular complexity index is 654. The van der Waals surface area contributed by atoms with Crippen molar-refractivity contribution in [3.63, 3.8) is 0 Å². The van der Waals surface area contributed by atoms with E-state index in [4.69, 9.17) is 5.73 Å². The smallest absolute Gasteiger partial charge is 0.273 e. The molecule has 0 fully saturated rings. The summed E-state index contributed by atoms with van der Waals surface area (Å²) in [5, 5.41) is 2.86. The van der Waals surface area contributed by atoms with Gasteiger partial charge in [0.25, 0.3) is 5.91 Å². The molecule has 0 spiro atoms. The summed E-state index contributed by atoms with van der Waals surface area (Å²) in [6.45, 7) is 5.93. The second kappa shape index (κ2) is 6.35. The molecule has 3 N–H and O–H groups in total. The number of aryl methyl sites for hydroxylation is 1. The van der Waals surface area contributed by atoms with Gasteiger partial charge in [-0.15, -0.1) is 0 Å². The zero-order valence-electron chi connectivity index (χ0n) is 12.6. The van der Waals surface area contributed by atoms with E-state index >= 15 is 0 Å². The summed E-state index contributed by atoms with van der Waals surface area (Å²) in [5.41, 5.74) is 8.64. The van der Waals surface area contributed by atoms with Crippen LogP contribution >= 0.6 is 0 Å². The number of anilines is 1. The van der Waals surface area contributed by atoms with Gasteiger partial charge in [-0.3, -0.25) is 4.79 Å². The van der Waals surface area contributed by atoms with Gasteiger partial charge >= 0.3 is 0 Å². The predicted molar refractivity (Wildman–Crippen MR) is 83.8 cm³/mol. The molecule has 0 radical (unpaired) electrons. The second-order valence-electron chi connectivity index (χ2n) is 5.09. The highest BCUT2D eigenvalue weighted by Crippen LogP contribution is 2.21. The fraction of sp³-hybridized carbons (Fsp3) is 0.312. The Morgan fingerprint density at radius 2 is 2.10 bits per heavy atom. The summed E-state index contributed by atoms with van der Waals surface area (Å²) in [7, 11) is 0. The number of amides is 1. The highest BCUT2D eigenvalue weighted by Gasteiger charge is 2.16. The number of aromatic nitrogens is 2. The quantitative estimate of drug-likeness (QED) is 0.904. The average molecular weight is 284 g/mol. The molecule has 0 bridgehead atoms. The molecule has 0 aliphatic carbocycles. The van der Waals surface area contributed by atoms with Crippen molar-refractivity contribution < 1.29 is 4.79 Å². The van der Waals surface area contributed by atoms with E-state index in [1.165, 1.54) is 0 Å². The molecule has 0 aliphatic rings. The molecule has 0 saturated heterocycles. The van der Waals surface area contributed by atoms with Crippen LogP contribution in [0.2, 0.25) is 0 Å². The van der Waals surface area contributed by atoms with Gasteiger partial charge < -0.3 is 11.1 Å². The lowest BCUT2D eigenvalue weighted by Crippen LogP contribution is -2.33. The summed E-state index contributed by atoms with van der Waals surface area (Å²) in [6, 6.07) is 7.90. The third-order valence-corrected chi connectivity index (χ3v) is 3.43. The van der Waals surface area contributed by atoms with Crippen LogP contribution in [-0.4, -0.2) is 21.9 Å². The molecule has 21 heavy (non-hydrogen) atoms. The Labute approximate surface area is 124 Å². The first-order chi connectivity index (χ1) is 10.0. The molecule has 2 aromatic rings. The van der Waals surface area contributed by atoms with Gasteiger partial charge in [-0.2, -0.15) is 0 Å². The van der Waals surface area contributed by atoms with Crippen LogP contribution in [0.1, 0.15) is 36.3 Å². The summed E-state index contributed by atoms with van der Waals surface area (Å²) in [4.78, 5) is 20.7. The highest BCUT2D eigenvalue weighted by molar-refractivity contribution is 5.97. The molecule has 1 aromatic carbocycles. The molecular formula is C16H20N4O. The fourth-order valence-corrected chi connectivity index (χ4v) is 1.95. The Kier molecular flexibility index (Phi) is 4.52. The molecule has 0 aliphatic heterocycles. The van der Waals surface area contributed by atoms with Gasteiger partial charge in [0.05, 0.1) is 11.9 Å². The van der Waals surface area contributed by atoms with Crippen LogP contribution in [0.3, 0.4) is 0 Å². The van der Waals surface area contributed by atoms with E-state index in [0.29, 0.717) is 5.69 Å². The largest absolute Gasteiger partial charge is 0.382 e. The van der Waals surface area contributed by atoms with Crippen molar-refractivity contribution in [2.45, 2.75) is 33.2 Å². The molecule has 1 amide bonds. The van der Waals surface area contributed by atoms with Crippen LogP contribution in [0.4, 0.5) is 5.82 Å². The lowest BCUT2D eigenvalue weighted by atomic mass is 10.1. The number of rotatable bonds is 4. The third kappa shape index (κ3) is 3.37. The van der Waals surface area contributed by atoms with Gasteiger partial charge in [0.15, 0.2) is 11.5 Å². The molecule has 0 saturated carbocycles. The zero-order chi connectivity index (χ0) is 15.4. The number of hydrogen-bond acceptors (Lipinski definition) is 4. The summed E-state index contributed by atoms with van der Waals surface area (Å²) in [5.74, 6) is -0.141. The molecule has 5 nitrogen and oxygen atoms in total. The Morgan fingerprint density at radius 1 is 1.38 bits per heavy atom. The van der Waals surface area contributed by atoms with Crippen LogP contribution < -0.4 is 11.1 Å². The summed E-state index contributed by atoms with van der Waals surface area (Å²) < 4.78 is 0. The van der Waals surface area contributed by atoms with Crippen LogP contribution in [0, 0.1) is 6.92 Å². The van der Waals surface area contributed by atoms with Crippen molar-refractivity contribution >= 4 is 11.7 Å². The van der Waals surface area contributed by atoms with Gasteiger partial charge in [-0.1, -0.05) is 31.2 Å². The predicted octanol–water partition coefficient (Wildman–Crippen LogP) is 2.56. The topological polar surface area (TPSA) is 80.9 Å². The van der Waals surface area contributed by atoms with Crippen LogP contribution in [0.15, 0.2) is 30.5 Å². The first kappa shape index (κ1) is 15.0. The molecule has 5 heteroatoms. The number of nitrogens with two attached hydrogens (primary N) is 1. The monoisotopic (exact) mass is 284 g/mol. The van der Waals surface area contributed by atoms with E-state index in [9.17, 15) is 4.79 Å². The van der Waals surface area contributed by atoms with Crippen molar-refractivity contribution in [2.75, 3.05) is 5.73 Å². The van der Waals surface area contributed by atoms with Crippen molar-refractivity contribution in [1.29, 1.82) is 0 Å². The third-order valence-electron chi connectivity index (χ3n) is 3.43. The normalized spacial score (nSPS) is 12.0. The number of carbonyl (C=O) groups is 1. The number of carbonyl (C=O) groups excluding carboxylic acids is 1. The zero-order valence-corrected chi connectivity index (χ0v) is 12.6. The first-order valence-corrected chi connectivity index (χ1v) is 7.02. The Balaban J connectivity index is 2.38.